The minimum Gasteiger partial charge on any atom is -0.373 e. The van der Waals surface area contributed by atoms with Crippen LogP contribution < -0.4 is 11.3 Å². The van der Waals surface area contributed by atoms with Gasteiger partial charge in [0.15, 0.2) is 11.3 Å². The highest BCUT2D eigenvalue weighted by atomic mass is 16.5. The Morgan fingerprint density at radius 2 is 1.89 bits per heavy atom. The van der Waals surface area contributed by atoms with Crippen molar-refractivity contribution in [1.29, 1.82) is 0 Å². The lowest BCUT2D eigenvalue weighted by Crippen LogP contribution is -2.30. The number of benzene rings is 1. The van der Waals surface area contributed by atoms with Crippen LogP contribution in [0.2, 0.25) is 0 Å². The first-order chi connectivity index (χ1) is 17.0. The van der Waals surface area contributed by atoms with Crippen LogP contribution >= 0.6 is 0 Å². The highest BCUT2D eigenvalue weighted by Gasteiger charge is 2.34. The van der Waals surface area contributed by atoms with Crippen LogP contribution in [0, 0.1) is 19.8 Å². The van der Waals surface area contributed by atoms with E-state index in [4.69, 9.17) is 15.0 Å². The molecule has 0 bridgehead atoms. The lowest BCUT2D eigenvalue weighted by molar-refractivity contribution is 0.110. The van der Waals surface area contributed by atoms with Crippen molar-refractivity contribution in [2.75, 3.05) is 13.2 Å². The molecule has 1 aliphatic carbocycles. The number of hydrogen-bond acceptors (Lipinski definition) is 8. The number of imidazole rings is 1. The molecule has 1 aliphatic heterocycles. The van der Waals surface area contributed by atoms with E-state index in [2.05, 4.69) is 51.4 Å². The maximum atomic E-state index is 13.2. The molecular weight excluding hydrogens is 446 g/mol. The third-order valence-electron chi connectivity index (χ3n) is 7.36. The molecule has 10 heteroatoms. The Morgan fingerprint density at radius 3 is 2.66 bits per heavy atom. The summed E-state index contributed by atoms with van der Waals surface area (Å²) in [6.07, 6.45) is 4.31. The van der Waals surface area contributed by atoms with Crippen molar-refractivity contribution in [3.63, 3.8) is 0 Å². The summed E-state index contributed by atoms with van der Waals surface area (Å²) < 4.78 is 14.7. The standard InChI is InChI=1S/C25H29N7O3/c1-14-3-5-17(6-4-14)20-9-19(12-34-20)23-29-21(35-30-23)11-31-13-27-32-22(25(31)33)15(2)28-24(32)18-7-16(8-18)10-26/h3-6,13,16,18-20H,7-12,26H2,1-2H3/t16?,18?,19-,20+/m0/s1. The van der Waals surface area contributed by atoms with Gasteiger partial charge in [-0.25, -0.2) is 9.50 Å². The van der Waals surface area contributed by atoms with Gasteiger partial charge in [0.1, 0.15) is 18.7 Å². The molecule has 3 aromatic heterocycles. The van der Waals surface area contributed by atoms with Crippen LogP contribution in [0.15, 0.2) is 39.9 Å². The topological polar surface area (TPSA) is 126 Å². The highest BCUT2D eigenvalue weighted by molar-refractivity contribution is 5.50. The summed E-state index contributed by atoms with van der Waals surface area (Å²) in [5.74, 6) is 2.69. The fourth-order valence-electron chi connectivity index (χ4n) is 5.18. The lowest BCUT2D eigenvalue weighted by Gasteiger charge is -2.33. The summed E-state index contributed by atoms with van der Waals surface area (Å²) in [4.78, 5) is 22.5. The number of fused-ring (bicyclic) bond motifs is 1. The van der Waals surface area contributed by atoms with Gasteiger partial charge in [0.05, 0.1) is 18.4 Å². The van der Waals surface area contributed by atoms with E-state index in [0.29, 0.717) is 47.9 Å². The highest BCUT2D eigenvalue weighted by Crippen LogP contribution is 2.40. The van der Waals surface area contributed by atoms with E-state index in [0.717, 1.165) is 30.7 Å². The molecule has 2 atom stereocenters. The van der Waals surface area contributed by atoms with Crippen molar-refractivity contribution in [1.82, 2.24) is 29.3 Å². The fourth-order valence-corrected chi connectivity index (χ4v) is 5.18. The molecule has 0 unspecified atom stereocenters. The Kier molecular flexibility index (Phi) is 5.49. The molecule has 1 saturated heterocycles. The van der Waals surface area contributed by atoms with Crippen LogP contribution in [0.1, 0.15) is 71.6 Å². The predicted molar refractivity (Wildman–Crippen MR) is 127 cm³/mol. The average molecular weight is 476 g/mol. The molecule has 6 rings (SSSR count). The number of ether oxygens (including phenoxy) is 1. The van der Waals surface area contributed by atoms with Gasteiger partial charge in [-0.1, -0.05) is 35.0 Å². The van der Waals surface area contributed by atoms with E-state index in [1.165, 1.54) is 16.5 Å². The molecule has 2 aliphatic rings. The van der Waals surface area contributed by atoms with Crippen molar-refractivity contribution >= 4 is 5.52 Å². The molecule has 35 heavy (non-hydrogen) atoms. The molecule has 2 N–H and O–H groups in total. The van der Waals surface area contributed by atoms with Gasteiger partial charge in [0.25, 0.3) is 5.56 Å². The van der Waals surface area contributed by atoms with Crippen molar-refractivity contribution < 1.29 is 9.26 Å². The van der Waals surface area contributed by atoms with Gasteiger partial charge in [0.2, 0.25) is 5.89 Å². The number of nitrogens with zero attached hydrogens (tertiary/aromatic N) is 6. The summed E-state index contributed by atoms with van der Waals surface area (Å²) in [6, 6.07) is 8.39. The van der Waals surface area contributed by atoms with Gasteiger partial charge in [-0.15, -0.1) is 0 Å². The molecule has 10 nitrogen and oxygen atoms in total. The Labute approximate surface area is 202 Å². The summed E-state index contributed by atoms with van der Waals surface area (Å²) >= 11 is 0. The smallest absolute Gasteiger partial charge is 0.280 e. The van der Waals surface area contributed by atoms with Gasteiger partial charge in [-0.3, -0.25) is 9.36 Å². The third-order valence-corrected chi connectivity index (χ3v) is 7.36. The number of aryl methyl sites for hydroxylation is 2. The summed E-state index contributed by atoms with van der Waals surface area (Å²) in [5, 5.41) is 8.70. The van der Waals surface area contributed by atoms with E-state index >= 15 is 0 Å². The SMILES string of the molecule is Cc1ccc([C@H]2C[C@H](c3noc(Cn4cnn5c(C6CC(CN)C6)nc(C)c5c4=O)n3)CO2)cc1. The Balaban J connectivity index is 1.18. The molecule has 1 saturated carbocycles. The summed E-state index contributed by atoms with van der Waals surface area (Å²) in [5.41, 5.74) is 9.14. The predicted octanol–water partition coefficient (Wildman–Crippen LogP) is 2.64. The second-order valence-electron chi connectivity index (χ2n) is 9.86. The first kappa shape index (κ1) is 22.1. The summed E-state index contributed by atoms with van der Waals surface area (Å²) in [6.45, 7) is 5.30. The Hall–Kier alpha value is -3.37. The number of aromatic nitrogens is 6. The van der Waals surface area contributed by atoms with Crippen molar-refractivity contribution in [3.05, 3.63) is 75.3 Å². The zero-order valence-corrected chi connectivity index (χ0v) is 19.9. The van der Waals surface area contributed by atoms with Gasteiger partial charge in [0, 0.05) is 11.8 Å². The molecular formula is C25H29N7O3. The van der Waals surface area contributed by atoms with Crippen LogP contribution in [-0.4, -0.2) is 42.5 Å². The lowest BCUT2D eigenvalue weighted by atomic mass is 9.74. The maximum Gasteiger partial charge on any atom is 0.280 e. The first-order valence-corrected chi connectivity index (χ1v) is 12.2. The van der Waals surface area contributed by atoms with Crippen LogP contribution in [0.4, 0.5) is 0 Å². The molecule has 0 amide bonds. The molecule has 2 fully saturated rings. The Morgan fingerprint density at radius 1 is 1.09 bits per heavy atom. The van der Waals surface area contributed by atoms with Crippen molar-refractivity contribution in [3.8, 4) is 0 Å². The van der Waals surface area contributed by atoms with E-state index < -0.39 is 0 Å². The van der Waals surface area contributed by atoms with Crippen molar-refractivity contribution in [2.24, 2.45) is 11.7 Å². The second-order valence-corrected chi connectivity index (χ2v) is 9.86. The molecule has 0 spiro atoms. The number of rotatable bonds is 6. The average Bonchev–Trinajstić information content (AvgIpc) is 3.55. The first-order valence-electron chi connectivity index (χ1n) is 12.2. The third kappa shape index (κ3) is 3.96. The van der Waals surface area contributed by atoms with Gasteiger partial charge >= 0.3 is 0 Å². The Bertz CT molecular complexity index is 1420. The van der Waals surface area contributed by atoms with Crippen LogP contribution in [0.3, 0.4) is 0 Å². The largest absolute Gasteiger partial charge is 0.373 e. The second kappa shape index (κ2) is 8.69. The van der Waals surface area contributed by atoms with Crippen LogP contribution in [0.25, 0.3) is 5.52 Å². The van der Waals surface area contributed by atoms with Crippen LogP contribution in [0.5, 0.6) is 0 Å². The number of hydrogen-bond donors (Lipinski definition) is 1. The molecule has 182 valence electrons. The zero-order chi connectivity index (χ0) is 24.1. The molecule has 4 heterocycles. The van der Waals surface area contributed by atoms with Gasteiger partial charge in [-0.2, -0.15) is 10.1 Å². The van der Waals surface area contributed by atoms with Crippen molar-refractivity contribution in [2.45, 2.75) is 57.6 Å². The van der Waals surface area contributed by atoms with E-state index in [1.807, 2.05) is 6.92 Å². The number of nitrogens with two attached hydrogens (primary N) is 1. The molecule has 1 aromatic carbocycles. The van der Waals surface area contributed by atoms with Gasteiger partial charge in [-0.05, 0) is 51.1 Å². The zero-order valence-electron chi connectivity index (χ0n) is 19.9. The van der Waals surface area contributed by atoms with E-state index in [-0.39, 0.29) is 24.1 Å². The fraction of sp³-hybridized carbons (Fsp3) is 0.480. The normalized spacial score (nSPS) is 24.2. The van der Waals surface area contributed by atoms with E-state index in [9.17, 15) is 4.79 Å². The van der Waals surface area contributed by atoms with Crippen LogP contribution in [-0.2, 0) is 11.3 Å². The van der Waals surface area contributed by atoms with Gasteiger partial charge < -0.3 is 15.0 Å². The maximum absolute atomic E-state index is 13.2. The summed E-state index contributed by atoms with van der Waals surface area (Å²) in [7, 11) is 0. The monoisotopic (exact) mass is 475 g/mol. The van der Waals surface area contributed by atoms with E-state index in [1.54, 1.807) is 4.52 Å². The molecule has 4 aromatic rings. The molecule has 0 radical (unpaired) electrons. The quantitative estimate of drug-likeness (QED) is 0.451. The minimum absolute atomic E-state index is 0.0200. The minimum atomic E-state index is -0.172.